The number of halogens is 1. The number of hydrogen-bond acceptors (Lipinski definition) is 2. The van der Waals surface area contributed by atoms with E-state index in [0.29, 0.717) is 17.5 Å². The normalized spacial score (nSPS) is 26.3. The Morgan fingerprint density at radius 2 is 2.26 bits per heavy atom. The molecular formula is C15H19FN2O. The molecule has 2 heterocycles. The lowest BCUT2D eigenvalue weighted by molar-refractivity contribution is 0.0657. The smallest absolute Gasteiger partial charge is 0.256 e. The van der Waals surface area contributed by atoms with Crippen molar-refractivity contribution in [3.8, 4) is 0 Å². The van der Waals surface area contributed by atoms with E-state index in [1.165, 1.54) is 0 Å². The summed E-state index contributed by atoms with van der Waals surface area (Å²) >= 11 is 0. The van der Waals surface area contributed by atoms with E-state index in [1.54, 1.807) is 25.1 Å². The molecule has 19 heavy (non-hydrogen) atoms. The standard InChI is InChI=1S/C15H19FN2O/c1-10-3-2-4-12(14(10)16)15(19)18-8-6-13-11(9-18)5-7-17-13/h2-4,11,13,17H,5-9H2,1H3. The lowest BCUT2D eigenvalue weighted by Gasteiger charge is -2.35. The maximum Gasteiger partial charge on any atom is 0.256 e. The summed E-state index contributed by atoms with van der Waals surface area (Å²) in [7, 11) is 0. The minimum absolute atomic E-state index is 0.161. The number of carbonyl (C=O) groups excluding carboxylic acids is 1. The van der Waals surface area contributed by atoms with E-state index in [-0.39, 0.29) is 17.3 Å². The van der Waals surface area contributed by atoms with E-state index in [0.717, 1.165) is 32.5 Å². The monoisotopic (exact) mass is 262 g/mol. The lowest BCUT2D eigenvalue weighted by atomic mass is 9.93. The quantitative estimate of drug-likeness (QED) is 0.839. The van der Waals surface area contributed by atoms with Gasteiger partial charge in [0.1, 0.15) is 5.82 Å². The molecule has 1 aromatic rings. The largest absolute Gasteiger partial charge is 0.338 e. The third-order valence-electron chi connectivity index (χ3n) is 4.37. The maximum atomic E-state index is 14.0. The Bertz CT molecular complexity index is 503. The van der Waals surface area contributed by atoms with Crippen LogP contribution in [0.1, 0.15) is 28.8 Å². The van der Waals surface area contributed by atoms with Gasteiger partial charge in [0, 0.05) is 19.1 Å². The summed E-state index contributed by atoms with van der Waals surface area (Å²) in [5.41, 5.74) is 0.743. The van der Waals surface area contributed by atoms with Gasteiger partial charge in [-0.3, -0.25) is 4.79 Å². The Morgan fingerprint density at radius 1 is 1.42 bits per heavy atom. The van der Waals surface area contributed by atoms with Crippen LogP contribution in [-0.2, 0) is 0 Å². The molecule has 0 aliphatic carbocycles. The second-order valence-electron chi connectivity index (χ2n) is 5.59. The van der Waals surface area contributed by atoms with Crippen molar-refractivity contribution in [2.45, 2.75) is 25.8 Å². The van der Waals surface area contributed by atoms with Crippen molar-refractivity contribution in [3.63, 3.8) is 0 Å². The zero-order valence-electron chi connectivity index (χ0n) is 11.2. The molecule has 2 saturated heterocycles. The topological polar surface area (TPSA) is 32.3 Å². The summed E-state index contributed by atoms with van der Waals surface area (Å²) in [6.45, 7) is 4.21. The van der Waals surface area contributed by atoms with Crippen LogP contribution in [0.5, 0.6) is 0 Å². The third-order valence-corrected chi connectivity index (χ3v) is 4.37. The van der Waals surface area contributed by atoms with E-state index in [9.17, 15) is 9.18 Å². The first-order chi connectivity index (χ1) is 9.16. The highest BCUT2D eigenvalue weighted by atomic mass is 19.1. The molecule has 1 N–H and O–H groups in total. The Kier molecular flexibility index (Phi) is 3.27. The average molecular weight is 262 g/mol. The number of benzene rings is 1. The van der Waals surface area contributed by atoms with Gasteiger partial charge >= 0.3 is 0 Å². The summed E-state index contributed by atoms with van der Waals surface area (Å²) in [5.74, 6) is -0.00343. The molecule has 2 aliphatic heterocycles. The number of nitrogens with one attached hydrogen (secondary N) is 1. The number of piperidine rings is 1. The average Bonchev–Trinajstić information content (AvgIpc) is 2.88. The molecule has 0 bridgehead atoms. The predicted molar refractivity (Wildman–Crippen MR) is 71.6 cm³/mol. The van der Waals surface area contributed by atoms with Crippen molar-refractivity contribution in [1.82, 2.24) is 10.2 Å². The Balaban J connectivity index is 1.79. The molecular weight excluding hydrogens is 243 g/mol. The van der Waals surface area contributed by atoms with Crippen molar-refractivity contribution in [3.05, 3.63) is 35.1 Å². The first kappa shape index (κ1) is 12.6. The lowest BCUT2D eigenvalue weighted by Crippen LogP contribution is -2.47. The van der Waals surface area contributed by atoms with Crippen LogP contribution >= 0.6 is 0 Å². The number of amides is 1. The van der Waals surface area contributed by atoms with Crippen LogP contribution in [0.25, 0.3) is 0 Å². The molecule has 1 aromatic carbocycles. The predicted octanol–water partition coefficient (Wildman–Crippen LogP) is 1.96. The molecule has 2 unspecified atom stereocenters. The van der Waals surface area contributed by atoms with Gasteiger partial charge in [-0.1, -0.05) is 12.1 Å². The van der Waals surface area contributed by atoms with Crippen LogP contribution in [-0.4, -0.2) is 36.5 Å². The molecule has 0 radical (unpaired) electrons. The summed E-state index contributed by atoms with van der Waals surface area (Å²) in [6.07, 6.45) is 2.09. The van der Waals surface area contributed by atoms with Gasteiger partial charge in [0.05, 0.1) is 5.56 Å². The summed E-state index contributed by atoms with van der Waals surface area (Å²) in [5, 5.41) is 3.47. The highest BCUT2D eigenvalue weighted by Crippen LogP contribution is 2.26. The van der Waals surface area contributed by atoms with Gasteiger partial charge in [0.25, 0.3) is 5.91 Å². The number of nitrogens with zero attached hydrogens (tertiary/aromatic N) is 1. The number of rotatable bonds is 1. The van der Waals surface area contributed by atoms with Crippen LogP contribution in [0.2, 0.25) is 0 Å². The van der Waals surface area contributed by atoms with Crippen molar-refractivity contribution < 1.29 is 9.18 Å². The fourth-order valence-corrected chi connectivity index (χ4v) is 3.21. The van der Waals surface area contributed by atoms with Crippen LogP contribution in [0.15, 0.2) is 18.2 Å². The van der Waals surface area contributed by atoms with Gasteiger partial charge < -0.3 is 10.2 Å². The van der Waals surface area contributed by atoms with Gasteiger partial charge in [0.15, 0.2) is 0 Å². The van der Waals surface area contributed by atoms with E-state index >= 15 is 0 Å². The van der Waals surface area contributed by atoms with Crippen molar-refractivity contribution in [1.29, 1.82) is 0 Å². The molecule has 0 aromatic heterocycles. The summed E-state index contributed by atoms with van der Waals surface area (Å²) in [4.78, 5) is 14.2. The SMILES string of the molecule is Cc1cccc(C(=O)N2CCC3NCCC3C2)c1F. The second kappa shape index (κ2) is 4.93. The fourth-order valence-electron chi connectivity index (χ4n) is 3.21. The highest BCUT2D eigenvalue weighted by molar-refractivity contribution is 5.94. The summed E-state index contributed by atoms with van der Waals surface area (Å²) in [6, 6.07) is 5.57. The maximum absolute atomic E-state index is 14.0. The van der Waals surface area contributed by atoms with E-state index < -0.39 is 0 Å². The fraction of sp³-hybridized carbons (Fsp3) is 0.533. The summed E-state index contributed by atoms with van der Waals surface area (Å²) < 4.78 is 14.0. The molecule has 2 fully saturated rings. The molecule has 0 spiro atoms. The van der Waals surface area contributed by atoms with Crippen LogP contribution in [0.3, 0.4) is 0 Å². The van der Waals surface area contributed by atoms with E-state index in [4.69, 9.17) is 0 Å². The van der Waals surface area contributed by atoms with Gasteiger partial charge in [0.2, 0.25) is 0 Å². The molecule has 0 saturated carbocycles. The second-order valence-corrected chi connectivity index (χ2v) is 5.59. The number of fused-ring (bicyclic) bond motifs is 1. The molecule has 2 atom stereocenters. The number of hydrogen-bond donors (Lipinski definition) is 1. The molecule has 3 nitrogen and oxygen atoms in total. The first-order valence-corrected chi connectivity index (χ1v) is 6.94. The van der Waals surface area contributed by atoms with Crippen molar-refractivity contribution in [2.75, 3.05) is 19.6 Å². The number of likely N-dealkylation sites (tertiary alicyclic amines) is 1. The molecule has 4 heteroatoms. The van der Waals surface area contributed by atoms with E-state index in [1.807, 2.05) is 4.90 Å². The Morgan fingerprint density at radius 3 is 3.11 bits per heavy atom. The van der Waals surface area contributed by atoms with Crippen LogP contribution < -0.4 is 5.32 Å². The third kappa shape index (κ3) is 2.25. The van der Waals surface area contributed by atoms with Crippen molar-refractivity contribution in [2.24, 2.45) is 5.92 Å². The van der Waals surface area contributed by atoms with Crippen LogP contribution in [0, 0.1) is 18.7 Å². The van der Waals surface area contributed by atoms with Gasteiger partial charge in [-0.2, -0.15) is 0 Å². The zero-order chi connectivity index (χ0) is 13.4. The molecule has 102 valence electrons. The minimum Gasteiger partial charge on any atom is -0.338 e. The zero-order valence-corrected chi connectivity index (χ0v) is 11.2. The highest BCUT2D eigenvalue weighted by Gasteiger charge is 2.35. The minimum atomic E-state index is -0.376. The first-order valence-electron chi connectivity index (χ1n) is 6.94. The molecule has 2 aliphatic rings. The number of aryl methyl sites for hydroxylation is 1. The molecule has 3 rings (SSSR count). The van der Waals surface area contributed by atoms with Gasteiger partial charge in [-0.15, -0.1) is 0 Å². The Hall–Kier alpha value is -1.42. The molecule has 1 amide bonds. The Labute approximate surface area is 112 Å². The van der Waals surface area contributed by atoms with E-state index in [2.05, 4.69) is 5.32 Å². The van der Waals surface area contributed by atoms with Crippen molar-refractivity contribution >= 4 is 5.91 Å². The van der Waals surface area contributed by atoms with Gasteiger partial charge in [-0.05, 0) is 43.9 Å². The van der Waals surface area contributed by atoms with Crippen LogP contribution in [0.4, 0.5) is 4.39 Å². The number of carbonyl (C=O) groups is 1. The van der Waals surface area contributed by atoms with Gasteiger partial charge in [-0.25, -0.2) is 4.39 Å².